The minimum atomic E-state index is -0.479. The van der Waals surface area contributed by atoms with Crippen molar-refractivity contribution in [3.63, 3.8) is 0 Å². The van der Waals surface area contributed by atoms with Gasteiger partial charge in [-0.1, -0.05) is 0 Å². The van der Waals surface area contributed by atoms with Gasteiger partial charge in [0.2, 0.25) is 0 Å². The van der Waals surface area contributed by atoms with Gasteiger partial charge >= 0.3 is 11.9 Å². The Morgan fingerprint density at radius 2 is 1.71 bits per heavy atom. The lowest BCUT2D eigenvalue weighted by atomic mass is 10.1. The highest BCUT2D eigenvalue weighted by Gasteiger charge is 2.30. The number of benzene rings is 1. The van der Waals surface area contributed by atoms with Crippen LogP contribution in [-0.4, -0.2) is 49.2 Å². The zero-order valence-electron chi connectivity index (χ0n) is 20.7. The number of likely N-dealkylation sites (N-methyl/N-ethyl adjacent to an activating group) is 1. The molecule has 1 amide bonds. The van der Waals surface area contributed by atoms with Crippen molar-refractivity contribution in [3.8, 4) is 11.5 Å². The maximum atomic E-state index is 12.9. The van der Waals surface area contributed by atoms with Crippen LogP contribution in [0, 0.1) is 0 Å². The second-order valence-corrected chi connectivity index (χ2v) is 8.32. The zero-order chi connectivity index (χ0) is 26.1. The van der Waals surface area contributed by atoms with Crippen molar-refractivity contribution in [3.05, 3.63) is 64.5 Å². The smallest absolute Gasteiger partial charge is 0.307 e. The highest BCUT2D eigenvalue weighted by atomic mass is 32.2. The molecule has 0 spiro atoms. The number of methoxy groups -OCH3 is 2. The highest BCUT2D eigenvalue weighted by molar-refractivity contribution is 8.18. The molecule has 0 unspecified atom stereocenters. The summed E-state index contributed by atoms with van der Waals surface area (Å²) >= 11 is 1.19. The van der Waals surface area contributed by atoms with E-state index in [1.807, 2.05) is 0 Å². The van der Waals surface area contributed by atoms with E-state index in [-0.39, 0.29) is 5.91 Å². The maximum absolute atomic E-state index is 12.9. The van der Waals surface area contributed by atoms with Crippen molar-refractivity contribution in [1.29, 1.82) is 0 Å². The second-order valence-electron chi connectivity index (χ2n) is 7.31. The molecule has 0 N–H and O–H groups in total. The average Bonchev–Trinajstić information content (AvgIpc) is 3.05. The first kappa shape index (κ1) is 27.5. The van der Waals surface area contributed by atoms with Crippen LogP contribution in [0.25, 0.3) is 0 Å². The van der Waals surface area contributed by atoms with Crippen LogP contribution >= 0.6 is 11.8 Å². The summed E-state index contributed by atoms with van der Waals surface area (Å²) in [6, 6.07) is 5.21. The number of hydrogen-bond acceptors (Lipinski definition) is 9. The molecule has 1 saturated heterocycles. The molecule has 1 fully saturated rings. The van der Waals surface area contributed by atoms with Crippen LogP contribution in [0.15, 0.2) is 69.5 Å². The number of nitrogens with zero attached hydrogens (tertiary/aromatic N) is 2. The second kappa shape index (κ2) is 12.6. The third-order valence-corrected chi connectivity index (χ3v) is 5.60. The first-order valence-corrected chi connectivity index (χ1v) is 11.3. The van der Waals surface area contributed by atoms with Crippen LogP contribution in [0.3, 0.4) is 0 Å². The Bertz CT molecular complexity index is 1160. The van der Waals surface area contributed by atoms with Crippen LogP contribution < -0.4 is 9.47 Å². The van der Waals surface area contributed by atoms with E-state index in [2.05, 4.69) is 4.99 Å². The van der Waals surface area contributed by atoms with Crippen molar-refractivity contribution in [1.82, 2.24) is 4.90 Å². The quantitative estimate of drug-likeness (QED) is 0.220. The molecule has 0 bridgehead atoms. The van der Waals surface area contributed by atoms with Gasteiger partial charge in [0, 0.05) is 27.0 Å². The van der Waals surface area contributed by atoms with Gasteiger partial charge in [-0.3, -0.25) is 19.3 Å². The largest absolute Gasteiger partial charge is 0.493 e. The van der Waals surface area contributed by atoms with Crippen molar-refractivity contribution in [2.24, 2.45) is 4.99 Å². The molecule has 0 saturated carbocycles. The van der Waals surface area contributed by atoms with Gasteiger partial charge in [-0.2, -0.15) is 0 Å². The molecular weight excluding hydrogens is 472 g/mol. The van der Waals surface area contributed by atoms with E-state index in [9.17, 15) is 14.4 Å². The monoisotopic (exact) mass is 500 g/mol. The van der Waals surface area contributed by atoms with Crippen LogP contribution in [0.1, 0.15) is 27.7 Å². The normalized spacial score (nSPS) is 17.2. The number of ether oxygens (including phenoxy) is 4. The van der Waals surface area contributed by atoms with Crippen molar-refractivity contribution < 1.29 is 33.3 Å². The topological polar surface area (TPSA) is 104 Å². The molecule has 2 rings (SSSR count). The van der Waals surface area contributed by atoms with Gasteiger partial charge in [0.15, 0.2) is 16.7 Å². The molecule has 186 valence electrons. The van der Waals surface area contributed by atoms with Gasteiger partial charge in [0.25, 0.3) is 5.91 Å². The Kier molecular flexibility index (Phi) is 9.89. The van der Waals surface area contributed by atoms with Gasteiger partial charge in [-0.25, -0.2) is 4.99 Å². The van der Waals surface area contributed by atoms with Gasteiger partial charge < -0.3 is 18.9 Å². The summed E-state index contributed by atoms with van der Waals surface area (Å²) in [5.74, 6) is 0.302. The summed E-state index contributed by atoms with van der Waals surface area (Å²) in [5.41, 5.74) is 1.85. The number of aliphatic imine (C=N–C) groups is 1. The molecule has 0 atom stereocenters. The van der Waals surface area contributed by atoms with E-state index in [1.54, 1.807) is 64.4 Å². The van der Waals surface area contributed by atoms with Gasteiger partial charge in [-0.05, 0) is 67.1 Å². The number of allylic oxidation sites excluding steroid dienone is 6. The summed E-state index contributed by atoms with van der Waals surface area (Å²) in [6.45, 7) is 6.02. The summed E-state index contributed by atoms with van der Waals surface area (Å²) in [7, 11) is 4.71. The molecule has 0 aromatic heterocycles. The fraction of sp³-hybridized carbons (Fsp3) is 0.280. The molecule has 0 radical (unpaired) electrons. The van der Waals surface area contributed by atoms with Gasteiger partial charge in [-0.15, -0.1) is 0 Å². The van der Waals surface area contributed by atoms with Crippen LogP contribution in [0.2, 0.25) is 0 Å². The minimum absolute atomic E-state index is 0.249. The number of carbonyl (C=O) groups excluding carboxylic acids is 3. The Labute approximate surface area is 208 Å². The Morgan fingerprint density at radius 3 is 2.31 bits per heavy atom. The van der Waals surface area contributed by atoms with Gasteiger partial charge in [0.05, 0.1) is 31.1 Å². The highest BCUT2D eigenvalue weighted by Crippen LogP contribution is 2.36. The molecule has 1 aromatic carbocycles. The summed E-state index contributed by atoms with van der Waals surface area (Å²) in [6.07, 6.45) is 6.10. The van der Waals surface area contributed by atoms with E-state index in [0.717, 1.165) is 0 Å². The third-order valence-electron chi connectivity index (χ3n) is 4.54. The Balaban J connectivity index is 2.45. The minimum Gasteiger partial charge on any atom is -0.493 e. The molecule has 1 heterocycles. The molecule has 1 aliphatic heterocycles. The Morgan fingerprint density at radius 1 is 1.03 bits per heavy atom. The predicted octanol–water partition coefficient (Wildman–Crippen LogP) is 4.64. The number of carbonyl (C=O) groups is 3. The van der Waals surface area contributed by atoms with E-state index in [0.29, 0.717) is 44.2 Å². The molecule has 0 aliphatic carbocycles. The SMILES string of the molecule is COc1ccc(N=C2S\C(=C/C(/C=C/OC(C)=O)=C(C)/C=C(\C)OC(C)=O)C(=O)N2C)cc1OC. The lowest BCUT2D eigenvalue weighted by molar-refractivity contribution is -0.137. The zero-order valence-corrected chi connectivity index (χ0v) is 21.5. The standard InChI is InChI=1S/C25H28N2O7S/c1-15(12-16(2)34-18(4)29)19(10-11-33-17(3)28)13-23-24(30)27(5)25(35-23)26-20-8-9-21(31-6)22(14-20)32-7/h8-14H,1-7H3/b11-10+,16-12+,19-15+,23-13-,26-25?. The number of amidine groups is 1. The van der Waals surface area contributed by atoms with Crippen LogP contribution in [0.4, 0.5) is 5.69 Å². The van der Waals surface area contributed by atoms with Crippen molar-refractivity contribution in [2.45, 2.75) is 27.7 Å². The average molecular weight is 501 g/mol. The number of esters is 2. The number of amides is 1. The molecular formula is C25H28N2O7S. The van der Waals surface area contributed by atoms with Crippen molar-refractivity contribution >= 4 is 40.5 Å². The molecule has 1 aromatic rings. The molecule has 35 heavy (non-hydrogen) atoms. The molecule has 1 aliphatic rings. The fourth-order valence-electron chi connectivity index (χ4n) is 2.94. The van der Waals surface area contributed by atoms with Crippen molar-refractivity contribution in [2.75, 3.05) is 21.3 Å². The number of thioether (sulfide) groups is 1. The number of rotatable bonds is 8. The van der Waals surface area contributed by atoms with E-state index < -0.39 is 11.9 Å². The van der Waals surface area contributed by atoms with Crippen LogP contribution in [0.5, 0.6) is 11.5 Å². The molecule has 9 nitrogen and oxygen atoms in total. The fourth-order valence-corrected chi connectivity index (χ4v) is 3.92. The van der Waals surface area contributed by atoms with E-state index in [1.165, 1.54) is 43.9 Å². The van der Waals surface area contributed by atoms with Gasteiger partial charge in [0.1, 0.15) is 5.76 Å². The lowest BCUT2D eigenvalue weighted by Crippen LogP contribution is -2.23. The van der Waals surface area contributed by atoms with E-state index >= 15 is 0 Å². The first-order valence-electron chi connectivity index (χ1n) is 10.4. The third kappa shape index (κ3) is 7.89. The first-order chi connectivity index (χ1) is 16.5. The van der Waals surface area contributed by atoms with E-state index in [4.69, 9.17) is 18.9 Å². The molecule has 10 heteroatoms. The lowest BCUT2D eigenvalue weighted by Gasteiger charge is -2.09. The summed E-state index contributed by atoms with van der Waals surface area (Å²) < 4.78 is 20.6. The summed E-state index contributed by atoms with van der Waals surface area (Å²) in [4.78, 5) is 41.8. The predicted molar refractivity (Wildman–Crippen MR) is 134 cm³/mol. The summed E-state index contributed by atoms with van der Waals surface area (Å²) in [5, 5.41) is 0.473. The Hall–Kier alpha value is -3.79. The van der Waals surface area contributed by atoms with Crippen LogP contribution in [-0.2, 0) is 23.9 Å². The maximum Gasteiger partial charge on any atom is 0.307 e. The number of hydrogen-bond donors (Lipinski definition) is 0.